The van der Waals surface area contributed by atoms with Crippen LogP contribution in [0.5, 0.6) is 5.75 Å². The minimum Gasteiger partial charge on any atom is -0.427 e. The van der Waals surface area contributed by atoms with Crippen LogP contribution in [-0.4, -0.2) is 11.9 Å². The molecule has 0 aliphatic heterocycles. The number of carbonyl (C=O) groups excluding carboxylic acids is 2. The van der Waals surface area contributed by atoms with E-state index in [-0.39, 0.29) is 5.97 Å². The number of ether oxygens (including phenoxy) is 1. The van der Waals surface area contributed by atoms with E-state index in [0.717, 1.165) is 29.5 Å². The lowest BCUT2D eigenvalue weighted by Gasteiger charge is -2.24. The first kappa shape index (κ1) is 25.9. The molecule has 0 saturated carbocycles. The standard InChI is InChI=1S/C27H35ClO4/c1-4-6-7-8-9-10-11-12-25(29)31-24-19-15-22(16-20-24)21-13-17-23(18-14-21)27(3,5-2)26(30)32-28/h13-20H,4-12H2,1-3H3. The fourth-order valence-corrected chi connectivity index (χ4v) is 3.88. The first-order valence-corrected chi connectivity index (χ1v) is 12.0. The van der Waals surface area contributed by atoms with Crippen molar-refractivity contribution >= 4 is 23.8 Å². The van der Waals surface area contributed by atoms with Gasteiger partial charge < -0.3 is 9.03 Å². The largest absolute Gasteiger partial charge is 0.427 e. The maximum atomic E-state index is 12.1. The number of benzene rings is 2. The van der Waals surface area contributed by atoms with E-state index in [9.17, 15) is 9.59 Å². The highest BCUT2D eigenvalue weighted by molar-refractivity contribution is 6.14. The van der Waals surface area contributed by atoms with Gasteiger partial charge in [0.1, 0.15) is 17.6 Å². The minimum atomic E-state index is -0.784. The van der Waals surface area contributed by atoms with Crippen molar-refractivity contribution in [3.63, 3.8) is 0 Å². The highest BCUT2D eigenvalue weighted by atomic mass is 35.5. The molecule has 2 aromatic rings. The summed E-state index contributed by atoms with van der Waals surface area (Å²) in [6, 6.07) is 15.2. The SMILES string of the molecule is CCCCCCCCCC(=O)Oc1ccc(-c2ccc(C(C)(CC)C(=O)OCl)cc2)cc1. The molecule has 0 N–H and O–H groups in total. The van der Waals surface area contributed by atoms with Crippen molar-refractivity contribution in [2.45, 2.75) is 84.0 Å². The molecule has 1 atom stereocenters. The van der Waals surface area contributed by atoms with Crippen LogP contribution in [0.4, 0.5) is 0 Å². The van der Waals surface area contributed by atoms with E-state index in [1.807, 2.05) is 62.4 Å². The summed E-state index contributed by atoms with van der Waals surface area (Å²) < 4.78 is 9.93. The van der Waals surface area contributed by atoms with Gasteiger partial charge in [0.05, 0.1) is 5.41 Å². The van der Waals surface area contributed by atoms with E-state index >= 15 is 0 Å². The summed E-state index contributed by atoms with van der Waals surface area (Å²) in [5, 5.41) is 0. The molecular weight excluding hydrogens is 424 g/mol. The number of carbonyl (C=O) groups is 2. The van der Waals surface area contributed by atoms with Gasteiger partial charge in [-0.15, -0.1) is 0 Å². The van der Waals surface area contributed by atoms with E-state index in [0.29, 0.717) is 18.6 Å². The number of hydrogen-bond donors (Lipinski definition) is 0. The van der Waals surface area contributed by atoms with Crippen LogP contribution in [0.3, 0.4) is 0 Å². The van der Waals surface area contributed by atoms with Crippen LogP contribution < -0.4 is 4.74 Å². The van der Waals surface area contributed by atoms with Gasteiger partial charge in [-0.25, -0.2) is 4.79 Å². The van der Waals surface area contributed by atoms with Gasteiger partial charge in [-0.1, -0.05) is 88.8 Å². The van der Waals surface area contributed by atoms with E-state index < -0.39 is 11.4 Å². The number of hydrogen-bond acceptors (Lipinski definition) is 4. The van der Waals surface area contributed by atoms with Crippen LogP contribution >= 0.6 is 11.9 Å². The third-order valence-electron chi connectivity index (χ3n) is 6.15. The van der Waals surface area contributed by atoms with Crippen molar-refractivity contribution in [2.75, 3.05) is 0 Å². The lowest BCUT2D eigenvalue weighted by Crippen LogP contribution is -2.32. The van der Waals surface area contributed by atoms with Crippen LogP contribution in [0.1, 0.15) is 84.1 Å². The number of unbranched alkanes of at least 4 members (excludes halogenated alkanes) is 6. The van der Waals surface area contributed by atoms with Crippen LogP contribution in [0, 0.1) is 0 Å². The zero-order valence-electron chi connectivity index (χ0n) is 19.5. The summed E-state index contributed by atoms with van der Waals surface area (Å²) in [6.07, 6.45) is 9.26. The Bertz CT molecular complexity index is 845. The molecule has 1 unspecified atom stereocenters. The quantitative estimate of drug-likeness (QED) is 0.175. The summed E-state index contributed by atoms with van der Waals surface area (Å²) in [5.74, 6) is -0.0838. The molecule has 0 spiro atoms. The predicted octanol–water partition coefficient (Wildman–Crippen LogP) is 7.76. The van der Waals surface area contributed by atoms with Gasteiger partial charge in [-0.3, -0.25) is 4.79 Å². The molecule has 5 heteroatoms. The summed E-state index contributed by atoms with van der Waals surface area (Å²) in [4.78, 5) is 24.2. The second kappa shape index (κ2) is 13.3. The number of esters is 1. The molecule has 0 aliphatic rings. The molecule has 0 aromatic heterocycles. The molecule has 0 radical (unpaired) electrons. The molecule has 2 rings (SSSR count). The van der Waals surface area contributed by atoms with Crippen molar-refractivity contribution in [1.29, 1.82) is 0 Å². The molecular formula is C27H35ClO4. The highest BCUT2D eigenvalue weighted by Gasteiger charge is 2.35. The van der Waals surface area contributed by atoms with Gasteiger partial charge in [-0.2, -0.15) is 0 Å². The van der Waals surface area contributed by atoms with Crippen molar-refractivity contribution in [3.05, 3.63) is 54.1 Å². The Morgan fingerprint density at radius 2 is 1.34 bits per heavy atom. The van der Waals surface area contributed by atoms with Crippen molar-refractivity contribution in [1.82, 2.24) is 0 Å². The van der Waals surface area contributed by atoms with Crippen LogP contribution in [-0.2, 0) is 19.3 Å². The van der Waals surface area contributed by atoms with E-state index in [4.69, 9.17) is 16.6 Å². The Kier molecular flexibility index (Phi) is 10.8. The average molecular weight is 459 g/mol. The molecule has 0 saturated heterocycles. The Morgan fingerprint density at radius 3 is 1.88 bits per heavy atom. The Balaban J connectivity index is 1.88. The first-order chi connectivity index (χ1) is 15.4. The van der Waals surface area contributed by atoms with E-state index in [2.05, 4.69) is 11.2 Å². The molecule has 0 amide bonds. The van der Waals surface area contributed by atoms with Crippen molar-refractivity contribution < 1.29 is 18.6 Å². The lowest BCUT2D eigenvalue weighted by molar-refractivity contribution is -0.140. The molecule has 0 fully saturated rings. The first-order valence-electron chi connectivity index (χ1n) is 11.7. The molecule has 174 valence electrons. The third kappa shape index (κ3) is 7.37. The Labute approximate surface area is 197 Å². The van der Waals surface area contributed by atoms with Gasteiger partial charge in [0.15, 0.2) is 0 Å². The minimum absolute atomic E-state index is 0.180. The summed E-state index contributed by atoms with van der Waals surface area (Å²) in [5.41, 5.74) is 2.08. The smallest absolute Gasteiger partial charge is 0.334 e. The summed E-state index contributed by atoms with van der Waals surface area (Å²) in [6.45, 7) is 5.96. The monoisotopic (exact) mass is 458 g/mol. The molecule has 2 aromatic carbocycles. The van der Waals surface area contributed by atoms with E-state index in [1.165, 1.54) is 32.1 Å². The molecule has 4 nitrogen and oxygen atoms in total. The zero-order valence-corrected chi connectivity index (χ0v) is 20.2. The number of halogens is 1. The van der Waals surface area contributed by atoms with E-state index in [1.54, 1.807) is 0 Å². The third-order valence-corrected chi connectivity index (χ3v) is 6.29. The molecule has 32 heavy (non-hydrogen) atoms. The molecule has 0 bridgehead atoms. The Morgan fingerprint density at radius 1 is 0.812 bits per heavy atom. The second-order valence-corrected chi connectivity index (χ2v) is 8.65. The maximum Gasteiger partial charge on any atom is 0.334 e. The summed E-state index contributed by atoms with van der Waals surface area (Å²) in [7, 11) is 0. The Hall–Kier alpha value is -2.33. The van der Waals surface area contributed by atoms with Gasteiger partial charge in [-0.05, 0) is 48.6 Å². The topological polar surface area (TPSA) is 52.6 Å². The number of rotatable bonds is 13. The maximum absolute atomic E-state index is 12.1. The normalized spacial score (nSPS) is 12.8. The van der Waals surface area contributed by atoms with Gasteiger partial charge in [0, 0.05) is 6.42 Å². The molecule has 0 heterocycles. The average Bonchev–Trinajstić information content (AvgIpc) is 2.83. The summed E-state index contributed by atoms with van der Waals surface area (Å²) >= 11 is 5.32. The predicted molar refractivity (Wildman–Crippen MR) is 130 cm³/mol. The second-order valence-electron chi connectivity index (χ2n) is 8.50. The van der Waals surface area contributed by atoms with Crippen LogP contribution in [0.2, 0.25) is 0 Å². The fourth-order valence-electron chi connectivity index (χ4n) is 3.71. The van der Waals surface area contributed by atoms with Gasteiger partial charge in [0.2, 0.25) is 0 Å². The van der Waals surface area contributed by atoms with Gasteiger partial charge >= 0.3 is 11.9 Å². The molecule has 0 aliphatic carbocycles. The lowest BCUT2D eigenvalue weighted by atomic mass is 9.80. The van der Waals surface area contributed by atoms with Crippen LogP contribution in [0.15, 0.2) is 48.5 Å². The highest BCUT2D eigenvalue weighted by Crippen LogP contribution is 2.32. The van der Waals surface area contributed by atoms with Crippen molar-refractivity contribution in [2.24, 2.45) is 0 Å². The van der Waals surface area contributed by atoms with Gasteiger partial charge in [0.25, 0.3) is 0 Å². The van der Waals surface area contributed by atoms with Crippen LogP contribution in [0.25, 0.3) is 11.1 Å². The zero-order chi connectivity index (χ0) is 23.4. The van der Waals surface area contributed by atoms with Crippen molar-refractivity contribution in [3.8, 4) is 16.9 Å². The fraction of sp³-hybridized carbons (Fsp3) is 0.481.